The predicted molar refractivity (Wildman–Crippen MR) is 80.8 cm³/mol. The Kier molecular flexibility index (Phi) is 5.46. The largest absolute Gasteiger partial charge is 0.312 e. The van der Waals surface area contributed by atoms with Gasteiger partial charge in [0.1, 0.15) is 0 Å². The van der Waals surface area contributed by atoms with Crippen LogP contribution >= 0.6 is 23.2 Å². The second-order valence-corrected chi connectivity index (χ2v) is 6.21. The van der Waals surface area contributed by atoms with Crippen molar-refractivity contribution in [1.82, 2.24) is 15.2 Å². The molecule has 0 radical (unpaired) electrons. The summed E-state index contributed by atoms with van der Waals surface area (Å²) in [6, 6.07) is 2.92. The molecule has 0 amide bonds. The van der Waals surface area contributed by atoms with Crippen molar-refractivity contribution >= 4 is 23.2 Å². The smallest absolute Gasteiger partial charge is 0.0821 e. The molecule has 5 heteroatoms. The molecule has 0 aromatic carbocycles. The van der Waals surface area contributed by atoms with E-state index in [1.165, 1.54) is 12.8 Å². The van der Waals surface area contributed by atoms with E-state index < -0.39 is 0 Å². The van der Waals surface area contributed by atoms with Crippen LogP contribution in [0, 0.1) is 0 Å². The van der Waals surface area contributed by atoms with E-state index in [1.54, 1.807) is 12.3 Å². The zero-order valence-corrected chi connectivity index (χ0v) is 13.0. The van der Waals surface area contributed by atoms with Crippen molar-refractivity contribution in [3.05, 3.63) is 28.0 Å². The normalized spacial score (nSPS) is 18.2. The van der Waals surface area contributed by atoms with Gasteiger partial charge < -0.3 is 5.32 Å². The second-order valence-electron chi connectivity index (χ2n) is 5.43. The lowest BCUT2D eigenvalue weighted by Gasteiger charge is -2.33. The molecule has 0 saturated carbocycles. The third-order valence-electron chi connectivity index (χ3n) is 3.44. The molecule has 1 aliphatic rings. The summed E-state index contributed by atoms with van der Waals surface area (Å²) < 4.78 is 0. The van der Waals surface area contributed by atoms with Crippen LogP contribution in [0.5, 0.6) is 0 Å². The fraction of sp³-hybridized carbons (Fsp3) is 0.643. The highest BCUT2D eigenvalue weighted by molar-refractivity contribution is 6.42. The number of rotatable bonds is 4. The number of nitrogens with one attached hydrogen (secondary N) is 1. The minimum Gasteiger partial charge on any atom is -0.312 e. The molecule has 19 heavy (non-hydrogen) atoms. The monoisotopic (exact) mass is 301 g/mol. The summed E-state index contributed by atoms with van der Waals surface area (Å²) in [4.78, 5) is 6.72. The van der Waals surface area contributed by atoms with Gasteiger partial charge in [0.25, 0.3) is 0 Å². The molecule has 1 N–H and O–H groups in total. The Bertz CT molecular complexity index is 415. The molecule has 0 atom stereocenters. The summed E-state index contributed by atoms with van der Waals surface area (Å²) in [5, 5.41) is 4.77. The van der Waals surface area contributed by atoms with Crippen molar-refractivity contribution in [2.75, 3.05) is 13.1 Å². The van der Waals surface area contributed by atoms with E-state index in [4.69, 9.17) is 23.2 Å². The highest BCUT2D eigenvalue weighted by atomic mass is 35.5. The summed E-state index contributed by atoms with van der Waals surface area (Å²) in [5.41, 5.74) is 0.879. The second kappa shape index (κ2) is 6.89. The van der Waals surface area contributed by atoms with E-state index in [1.807, 2.05) is 0 Å². The lowest BCUT2D eigenvalue weighted by Crippen LogP contribution is -2.44. The van der Waals surface area contributed by atoms with Crippen molar-refractivity contribution in [2.24, 2.45) is 0 Å². The first-order chi connectivity index (χ1) is 9.06. The SMILES string of the molecule is CC(C)NC1CCN(Cc2nccc(Cl)c2Cl)CC1. The highest BCUT2D eigenvalue weighted by Crippen LogP contribution is 2.25. The molecule has 2 heterocycles. The van der Waals surface area contributed by atoms with Crippen LogP contribution in [-0.2, 0) is 6.54 Å². The van der Waals surface area contributed by atoms with Gasteiger partial charge in [-0.2, -0.15) is 0 Å². The van der Waals surface area contributed by atoms with Crippen LogP contribution in [-0.4, -0.2) is 35.1 Å². The standard InChI is InChI=1S/C14H21Cl2N3/c1-10(2)18-11-4-7-19(8-5-11)9-13-14(16)12(15)3-6-17-13/h3,6,10-11,18H,4-5,7-9H2,1-2H3. The Hall–Kier alpha value is -0.350. The van der Waals surface area contributed by atoms with Gasteiger partial charge in [0.15, 0.2) is 0 Å². The zero-order chi connectivity index (χ0) is 13.8. The Morgan fingerprint density at radius 3 is 2.68 bits per heavy atom. The zero-order valence-electron chi connectivity index (χ0n) is 11.5. The quantitative estimate of drug-likeness (QED) is 0.924. The van der Waals surface area contributed by atoms with Crippen LogP contribution in [0.15, 0.2) is 12.3 Å². The molecule has 0 bridgehead atoms. The number of hydrogen-bond donors (Lipinski definition) is 1. The van der Waals surface area contributed by atoms with Crippen LogP contribution < -0.4 is 5.32 Å². The fourth-order valence-electron chi connectivity index (χ4n) is 2.51. The van der Waals surface area contributed by atoms with Crippen molar-refractivity contribution in [3.63, 3.8) is 0 Å². The summed E-state index contributed by atoms with van der Waals surface area (Å²) in [7, 11) is 0. The van der Waals surface area contributed by atoms with Crippen LogP contribution in [0.25, 0.3) is 0 Å². The van der Waals surface area contributed by atoms with E-state index in [0.29, 0.717) is 22.1 Å². The summed E-state index contributed by atoms with van der Waals surface area (Å²) in [6.07, 6.45) is 4.07. The predicted octanol–water partition coefficient (Wildman–Crippen LogP) is 3.35. The van der Waals surface area contributed by atoms with Crippen molar-refractivity contribution in [3.8, 4) is 0 Å². The summed E-state index contributed by atoms with van der Waals surface area (Å²) in [5.74, 6) is 0. The summed E-state index contributed by atoms with van der Waals surface area (Å²) in [6.45, 7) is 7.34. The van der Waals surface area contributed by atoms with E-state index in [2.05, 4.69) is 29.0 Å². The number of nitrogens with zero attached hydrogens (tertiary/aromatic N) is 2. The number of likely N-dealkylation sites (tertiary alicyclic amines) is 1. The number of piperidine rings is 1. The third kappa shape index (κ3) is 4.32. The lowest BCUT2D eigenvalue weighted by atomic mass is 10.0. The lowest BCUT2D eigenvalue weighted by molar-refractivity contribution is 0.185. The van der Waals surface area contributed by atoms with Gasteiger partial charge in [-0.1, -0.05) is 37.0 Å². The van der Waals surface area contributed by atoms with Gasteiger partial charge >= 0.3 is 0 Å². The Labute approximate surface area is 125 Å². The van der Waals surface area contributed by atoms with Gasteiger partial charge in [0.2, 0.25) is 0 Å². The van der Waals surface area contributed by atoms with Gasteiger partial charge in [-0.25, -0.2) is 0 Å². The average molecular weight is 302 g/mol. The molecular weight excluding hydrogens is 281 g/mol. The molecule has 1 aliphatic heterocycles. The minimum absolute atomic E-state index is 0.556. The summed E-state index contributed by atoms with van der Waals surface area (Å²) >= 11 is 12.2. The van der Waals surface area contributed by atoms with Crippen LogP contribution in [0.2, 0.25) is 10.0 Å². The Morgan fingerprint density at radius 2 is 2.05 bits per heavy atom. The molecule has 1 fully saturated rings. The third-order valence-corrected chi connectivity index (χ3v) is 4.28. The van der Waals surface area contributed by atoms with Crippen LogP contribution in [0.3, 0.4) is 0 Å². The fourth-order valence-corrected chi connectivity index (χ4v) is 2.85. The molecule has 1 saturated heterocycles. The van der Waals surface area contributed by atoms with Crippen molar-refractivity contribution < 1.29 is 0 Å². The Morgan fingerprint density at radius 1 is 1.37 bits per heavy atom. The first kappa shape index (κ1) is 15.0. The van der Waals surface area contributed by atoms with Gasteiger partial charge in [-0.3, -0.25) is 9.88 Å². The van der Waals surface area contributed by atoms with Crippen LogP contribution in [0.1, 0.15) is 32.4 Å². The van der Waals surface area contributed by atoms with E-state index in [-0.39, 0.29) is 0 Å². The molecule has 0 aliphatic carbocycles. The van der Waals surface area contributed by atoms with E-state index >= 15 is 0 Å². The molecule has 0 unspecified atom stereocenters. The molecule has 106 valence electrons. The van der Waals surface area contributed by atoms with Crippen molar-refractivity contribution in [2.45, 2.75) is 45.3 Å². The number of halogens is 2. The number of hydrogen-bond acceptors (Lipinski definition) is 3. The van der Waals surface area contributed by atoms with Gasteiger partial charge in [0.05, 0.1) is 15.7 Å². The molecule has 1 aromatic rings. The maximum absolute atomic E-state index is 6.18. The van der Waals surface area contributed by atoms with Gasteiger partial charge in [-0.05, 0) is 18.9 Å². The maximum Gasteiger partial charge on any atom is 0.0821 e. The van der Waals surface area contributed by atoms with Crippen molar-refractivity contribution in [1.29, 1.82) is 0 Å². The Balaban J connectivity index is 1.87. The van der Waals surface area contributed by atoms with Crippen LogP contribution in [0.4, 0.5) is 0 Å². The first-order valence-electron chi connectivity index (χ1n) is 6.83. The van der Waals surface area contributed by atoms with E-state index in [0.717, 1.165) is 25.3 Å². The maximum atomic E-state index is 6.18. The highest BCUT2D eigenvalue weighted by Gasteiger charge is 2.20. The minimum atomic E-state index is 0.556. The number of pyridine rings is 1. The topological polar surface area (TPSA) is 28.2 Å². The van der Waals surface area contributed by atoms with Gasteiger partial charge in [0, 0.05) is 37.9 Å². The molecule has 3 nitrogen and oxygen atoms in total. The molecule has 0 spiro atoms. The molecule has 1 aromatic heterocycles. The van der Waals surface area contributed by atoms with Gasteiger partial charge in [-0.15, -0.1) is 0 Å². The average Bonchev–Trinajstić information content (AvgIpc) is 2.37. The molecule has 2 rings (SSSR count). The van der Waals surface area contributed by atoms with E-state index in [9.17, 15) is 0 Å². The number of aromatic nitrogens is 1. The first-order valence-corrected chi connectivity index (χ1v) is 7.59. The molecular formula is C14H21Cl2N3.